The Morgan fingerprint density at radius 1 is 1.44 bits per heavy atom. The van der Waals surface area contributed by atoms with Gasteiger partial charge in [0.2, 0.25) is 0 Å². The van der Waals surface area contributed by atoms with E-state index in [1.54, 1.807) is 0 Å². The number of nitrogens with one attached hydrogen (secondary N) is 2. The van der Waals surface area contributed by atoms with Gasteiger partial charge in [0.1, 0.15) is 5.69 Å². The van der Waals surface area contributed by atoms with E-state index in [1.165, 1.54) is 12.8 Å². The van der Waals surface area contributed by atoms with E-state index in [1.807, 2.05) is 18.3 Å². The molecule has 1 saturated heterocycles. The molecule has 0 aromatic carbocycles. The standard InChI is InChI=1S/C12H17N3O/c16-12(14-9-5-6-13-8-9)11-2-1-7-15(11)10-3-4-10/h1-2,7,9-10,13H,3-6,8H2,(H,14,16)/t9-/m1/s1. The third-order valence-electron chi connectivity index (χ3n) is 3.35. The molecule has 0 unspecified atom stereocenters. The molecule has 0 radical (unpaired) electrons. The Kier molecular flexibility index (Phi) is 2.44. The average Bonchev–Trinajstić information content (AvgIpc) is 2.82. The monoisotopic (exact) mass is 219 g/mol. The Morgan fingerprint density at radius 2 is 2.31 bits per heavy atom. The lowest BCUT2D eigenvalue weighted by atomic mass is 10.2. The number of nitrogens with zero attached hydrogens (tertiary/aromatic N) is 1. The normalized spacial score (nSPS) is 24.6. The largest absolute Gasteiger partial charge is 0.347 e. The van der Waals surface area contributed by atoms with Gasteiger partial charge < -0.3 is 15.2 Å². The summed E-state index contributed by atoms with van der Waals surface area (Å²) in [4.78, 5) is 12.1. The minimum Gasteiger partial charge on any atom is -0.347 e. The quantitative estimate of drug-likeness (QED) is 0.794. The minimum atomic E-state index is 0.0746. The summed E-state index contributed by atoms with van der Waals surface area (Å²) in [5, 5.41) is 6.33. The number of carbonyl (C=O) groups excluding carboxylic acids is 1. The molecule has 16 heavy (non-hydrogen) atoms. The minimum absolute atomic E-state index is 0.0746. The van der Waals surface area contributed by atoms with E-state index >= 15 is 0 Å². The molecule has 86 valence electrons. The highest BCUT2D eigenvalue weighted by molar-refractivity contribution is 5.93. The molecule has 4 heteroatoms. The van der Waals surface area contributed by atoms with E-state index in [0.29, 0.717) is 12.1 Å². The Bertz CT molecular complexity index is 389. The summed E-state index contributed by atoms with van der Waals surface area (Å²) in [7, 11) is 0. The molecule has 3 rings (SSSR count). The number of rotatable bonds is 3. The highest BCUT2D eigenvalue weighted by Gasteiger charge is 2.27. The molecule has 1 aromatic heterocycles. The van der Waals surface area contributed by atoms with Crippen LogP contribution in [0.25, 0.3) is 0 Å². The molecular weight excluding hydrogens is 202 g/mol. The van der Waals surface area contributed by atoms with Crippen molar-refractivity contribution in [1.29, 1.82) is 0 Å². The molecule has 1 atom stereocenters. The molecule has 2 fully saturated rings. The van der Waals surface area contributed by atoms with Gasteiger partial charge in [-0.05, 0) is 37.9 Å². The van der Waals surface area contributed by atoms with Crippen LogP contribution in [-0.2, 0) is 0 Å². The van der Waals surface area contributed by atoms with Crippen LogP contribution in [0.5, 0.6) is 0 Å². The lowest BCUT2D eigenvalue weighted by Crippen LogP contribution is -2.37. The first kappa shape index (κ1) is 9.90. The van der Waals surface area contributed by atoms with Gasteiger partial charge in [-0.2, -0.15) is 0 Å². The molecular formula is C12H17N3O. The molecule has 1 aliphatic carbocycles. The van der Waals surface area contributed by atoms with Crippen molar-refractivity contribution in [3.05, 3.63) is 24.0 Å². The first-order valence-corrected chi connectivity index (χ1v) is 6.03. The van der Waals surface area contributed by atoms with E-state index in [4.69, 9.17) is 0 Å². The Balaban J connectivity index is 1.70. The predicted molar refractivity (Wildman–Crippen MR) is 61.4 cm³/mol. The van der Waals surface area contributed by atoms with Crippen LogP contribution in [0.1, 0.15) is 35.8 Å². The van der Waals surface area contributed by atoms with Crippen molar-refractivity contribution in [3.63, 3.8) is 0 Å². The summed E-state index contributed by atoms with van der Waals surface area (Å²) in [5.41, 5.74) is 0.814. The van der Waals surface area contributed by atoms with E-state index in [-0.39, 0.29) is 5.91 Å². The molecule has 0 spiro atoms. The van der Waals surface area contributed by atoms with Gasteiger partial charge >= 0.3 is 0 Å². The van der Waals surface area contributed by atoms with Crippen molar-refractivity contribution in [2.24, 2.45) is 0 Å². The fourth-order valence-corrected chi connectivity index (χ4v) is 2.29. The molecule has 4 nitrogen and oxygen atoms in total. The zero-order valence-corrected chi connectivity index (χ0v) is 9.28. The Labute approximate surface area is 95.0 Å². The molecule has 1 amide bonds. The molecule has 1 aliphatic heterocycles. The van der Waals surface area contributed by atoms with Crippen LogP contribution in [0.2, 0.25) is 0 Å². The fraction of sp³-hybridized carbons (Fsp3) is 0.583. The van der Waals surface area contributed by atoms with Crippen molar-refractivity contribution >= 4 is 5.91 Å². The highest BCUT2D eigenvalue weighted by atomic mass is 16.2. The van der Waals surface area contributed by atoms with Crippen LogP contribution in [0.15, 0.2) is 18.3 Å². The van der Waals surface area contributed by atoms with Crippen molar-refractivity contribution in [1.82, 2.24) is 15.2 Å². The van der Waals surface area contributed by atoms with Crippen molar-refractivity contribution in [2.45, 2.75) is 31.3 Å². The number of aromatic nitrogens is 1. The number of hydrogen-bond donors (Lipinski definition) is 2. The van der Waals surface area contributed by atoms with Gasteiger partial charge in [0.25, 0.3) is 5.91 Å². The summed E-state index contributed by atoms with van der Waals surface area (Å²) in [6.45, 7) is 1.91. The molecule has 2 aliphatic rings. The molecule has 0 bridgehead atoms. The third kappa shape index (κ3) is 1.85. The predicted octanol–water partition coefficient (Wildman–Crippen LogP) is 0.915. The summed E-state index contributed by atoms with van der Waals surface area (Å²) in [6, 6.07) is 4.74. The molecule has 2 N–H and O–H groups in total. The maximum atomic E-state index is 12.1. The number of amides is 1. The highest BCUT2D eigenvalue weighted by Crippen LogP contribution is 2.35. The third-order valence-corrected chi connectivity index (χ3v) is 3.35. The zero-order valence-electron chi connectivity index (χ0n) is 9.28. The first-order chi connectivity index (χ1) is 7.84. The first-order valence-electron chi connectivity index (χ1n) is 6.03. The Morgan fingerprint density at radius 3 is 3.00 bits per heavy atom. The number of hydrogen-bond acceptors (Lipinski definition) is 2. The maximum absolute atomic E-state index is 12.1. The van der Waals surface area contributed by atoms with E-state index in [9.17, 15) is 4.79 Å². The summed E-state index contributed by atoms with van der Waals surface area (Å²) in [5.74, 6) is 0.0746. The zero-order chi connectivity index (χ0) is 11.0. The second kappa shape index (κ2) is 3.94. The van der Waals surface area contributed by atoms with Crippen LogP contribution in [0, 0.1) is 0 Å². The van der Waals surface area contributed by atoms with Gasteiger partial charge in [-0.1, -0.05) is 0 Å². The van der Waals surface area contributed by atoms with Gasteiger partial charge in [0, 0.05) is 24.8 Å². The lowest BCUT2D eigenvalue weighted by Gasteiger charge is -2.13. The fourth-order valence-electron chi connectivity index (χ4n) is 2.29. The van der Waals surface area contributed by atoms with Crippen LogP contribution in [0.3, 0.4) is 0 Å². The van der Waals surface area contributed by atoms with Gasteiger partial charge in [0.15, 0.2) is 0 Å². The molecule has 1 saturated carbocycles. The SMILES string of the molecule is O=C(N[C@@H]1CCNC1)c1cccn1C1CC1. The van der Waals surface area contributed by atoms with Gasteiger partial charge in [-0.25, -0.2) is 0 Å². The topological polar surface area (TPSA) is 46.1 Å². The Hall–Kier alpha value is -1.29. The lowest BCUT2D eigenvalue weighted by molar-refractivity contribution is 0.0930. The summed E-state index contributed by atoms with van der Waals surface area (Å²) in [6.07, 6.45) is 5.47. The van der Waals surface area contributed by atoms with Gasteiger partial charge in [-0.15, -0.1) is 0 Å². The van der Waals surface area contributed by atoms with Crippen LogP contribution >= 0.6 is 0 Å². The van der Waals surface area contributed by atoms with Crippen molar-refractivity contribution in [3.8, 4) is 0 Å². The molecule has 2 heterocycles. The summed E-state index contributed by atoms with van der Waals surface area (Å²) >= 11 is 0. The average molecular weight is 219 g/mol. The van der Waals surface area contributed by atoms with Crippen LogP contribution in [0.4, 0.5) is 0 Å². The van der Waals surface area contributed by atoms with E-state index < -0.39 is 0 Å². The number of carbonyl (C=O) groups is 1. The van der Waals surface area contributed by atoms with Crippen LogP contribution < -0.4 is 10.6 Å². The second-order valence-electron chi connectivity index (χ2n) is 4.70. The van der Waals surface area contributed by atoms with Crippen LogP contribution in [-0.4, -0.2) is 29.6 Å². The second-order valence-corrected chi connectivity index (χ2v) is 4.70. The van der Waals surface area contributed by atoms with E-state index in [2.05, 4.69) is 15.2 Å². The maximum Gasteiger partial charge on any atom is 0.268 e. The molecule has 1 aromatic rings. The van der Waals surface area contributed by atoms with Gasteiger partial charge in [0.05, 0.1) is 0 Å². The summed E-state index contributed by atoms with van der Waals surface area (Å²) < 4.78 is 2.11. The van der Waals surface area contributed by atoms with E-state index in [0.717, 1.165) is 25.2 Å². The van der Waals surface area contributed by atoms with Crippen molar-refractivity contribution < 1.29 is 4.79 Å². The van der Waals surface area contributed by atoms with Gasteiger partial charge in [-0.3, -0.25) is 4.79 Å². The van der Waals surface area contributed by atoms with Crippen molar-refractivity contribution in [2.75, 3.05) is 13.1 Å². The smallest absolute Gasteiger partial charge is 0.268 e.